The lowest BCUT2D eigenvalue weighted by molar-refractivity contribution is -0.143. The SMILES string of the molecule is CCCCCCCCCCCCCCCCC(=O)OCCc1ccc(O)c(O)c1. The first-order chi connectivity index (χ1) is 14.1. The first-order valence-electron chi connectivity index (χ1n) is 11.8. The molecule has 0 amide bonds. The predicted molar refractivity (Wildman–Crippen MR) is 119 cm³/mol. The average molecular weight is 407 g/mol. The van der Waals surface area contributed by atoms with Crippen LogP contribution in [-0.4, -0.2) is 22.8 Å². The highest BCUT2D eigenvalue weighted by Gasteiger charge is 2.05. The van der Waals surface area contributed by atoms with Gasteiger partial charge in [-0.3, -0.25) is 4.79 Å². The summed E-state index contributed by atoms with van der Waals surface area (Å²) in [4.78, 5) is 11.8. The van der Waals surface area contributed by atoms with Crippen molar-refractivity contribution in [1.82, 2.24) is 0 Å². The monoisotopic (exact) mass is 406 g/mol. The van der Waals surface area contributed by atoms with Crippen LogP contribution in [0.4, 0.5) is 0 Å². The number of hydrogen-bond donors (Lipinski definition) is 2. The second-order valence-corrected chi connectivity index (χ2v) is 8.14. The van der Waals surface area contributed by atoms with Crippen LogP contribution in [0.2, 0.25) is 0 Å². The van der Waals surface area contributed by atoms with E-state index >= 15 is 0 Å². The maximum atomic E-state index is 11.8. The summed E-state index contributed by atoms with van der Waals surface area (Å²) >= 11 is 0. The molecular weight excluding hydrogens is 364 g/mol. The number of carbonyl (C=O) groups excluding carboxylic acids is 1. The zero-order chi connectivity index (χ0) is 21.2. The highest BCUT2D eigenvalue weighted by atomic mass is 16.5. The van der Waals surface area contributed by atoms with Gasteiger partial charge in [0.15, 0.2) is 11.5 Å². The summed E-state index contributed by atoms with van der Waals surface area (Å²) < 4.78 is 5.25. The molecule has 0 aliphatic heterocycles. The first kappa shape index (κ1) is 25.3. The van der Waals surface area contributed by atoms with Crippen LogP contribution in [0.3, 0.4) is 0 Å². The molecule has 0 aliphatic rings. The Morgan fingerprint density at radius 2 is 1.28 bits per heavy atom. The van der Waals surface area contributed by atoms with E-state index < -0.39 is 0 Å². The van der Waals surface area contributed by atoms with Gasteiger partial charge in [0.2, 0.25) is 0 Å². The summed E-state index contributed by atoms with van der Waals surface area (Å²) in [6, 6.07) is 4.66. The summed E-state index contributed by atoms with van der Waals surface area (Å²) in [5.74, 6) is -0.424. The van der Waals surface area contributed by atoms with Crippen molar-refractivity contribution in [3.63, 3.8) is 0 Å². The number of ether oxygens (including phenoxy) is 1. The van der Waals surface area contributed by atoms with E-state index in [1.807, 2.05) is 0 Å². The molecule has 166 valence electrons. The van der Waals surface area contributed by atoms with Gasteiger partial charge >= 0.3 is 5.97 Å². The molecule has 0 aliphatic carbocycles. The van der Waals surface area contributed by atoms with Crippen LogP contribution in [-0.2, 0) is 16.0 Å². The van der Waals surface area contributed by atoms with Gasteiger partial charge < -0.3 is 14.9 Å². The Hall–Kier alpha value is -1.71. The number of carbonyl (C=O) groups is 1. The highest BCUT2D eigenvalue weighted by molar-refractivity contribution is 5.69. The normalized spacial score (nSPS) is 10.9. The molecule has 0 aromatic heterocycles. The van der Waals surface area contributed by atoms with Gasteiger partial charge in [-0.05, 0) is 24.1 Å². The Balaban J connectivity index is 1.85. The quantitative estimate of drug-likeness (QED) is 0.156. The minimum atomic E-state index is -0.146. The molecule has 4 heteroatoms. The number of hydrogen-bond acceptors (Lipinski definition) is 4. The van der Waals surface area contributed by atoms with E-state index in [1.165, 1.54) is 89.2 Å². The minimum absolute atomic E-state index is 0.136. The van der Waals surface area contributed by atoms with E-state index in [-0.39, 0.29) is 17.5 Å². The molecule has 0 radical (unpaired) electrons. The van der Waals surface area contributed by atoms with Crippen LogP contribution in [0.15, 0.2) is 18.2 Å². The van der Waals surface area contributed by atoms with Gasteiger partial charge in [-0.2, -0.15) is 0 Å². The lowest BCUT2D eigenvalue weighted by Gasteiger charge is -2.06. The zero-order valence-electron chi connectivity index (χ0n) is 18.5. The van der Waals surface area contributed by atoms with Crippen molar-refractivity contribution in [3.8, 4) is 11.5 Å². The van der Waals surface area contributed by atoms with Crippen molar-refractivity contribution in [2.24, 2.45) is 0 Å². The lowest BCUT2D eigenvalue weighted by Crippen LogP contribution is -2.07. The lowest BCUT2D eigenvalue weighted by atomic mass is 10.0. The molecule has 1 aromatic rings. The van der Waals surface area contributed by atoms with Crippen LogP contribution >= 0.6 is 0 Å². The molecule has 0 atom stereocenters. The van der Waals surface area contributed by atoms with E-state index in [0.29, 0.717) is 19.4 Å². The fourth-order valence-corrected chi connectivity index (χ4v) is 3.54. The van der Waals surface area contributed by atoms with Crippen LogP contribution in [0.5, 0.6) is 11.5 Å². The standard InChI is InChI=1S/C25H42O4/c1-2-3-4-5-6-7-8-9-10-11-12-13-14-15-16-25(28)29-20-19-22-17-18-23(26)24(27)21-22/h17-18,21,26-27H,2-16,19-20H2,1H3. The first-order valence-corrected chi connectivity index (χ1v) is 11.8. The van der Waals surface area contributed by atoms with Crippen molar-refractivity contribution in [2.75, 3.05) is 6.61 Å². The third kappa shape index (κ3) is 14.0. The molecule has 1 rings (SSSR count). The summed E-state index contributed by atoms with van der Waals surface area (Å²) in [7, 11) is 0. The number of aromatic hydroxyl groups is 2. The predicted octanol–water partition coefficient (Wildman–Crippen LogP) is 7.05. The van der Waals surface area contributed by atoms with Gasteiger partial charge in [0.1, 0.15) is 0 Å². The fourth-order valence-electron chi connectivity index (χ4n) is 3.54. The largest absolute Gasteiger partial charge is 0.504 e. The second-order valence-electron chi connectivity index (χ2n) is 8.14. The molecule has 2 N–H and O–H groups in total. The van der Waals surface area contributed by atoms with E-state index in [9.17, 15) is 15.0 Å². The molecule has 0 fully saturated rings. The average Bonchev–Trinajstić information content (AvgIpc) is 2.71. The summed E-state index contributed by atoms with van der Waals surface area (Å²) in [5, 5.41) is 18.7. The second kappa shape index (κ2) is 17.2. The Kier molecular flexibility index (Phi) is 15.0. The molecule has 0 saturated carbocycles. The van der Waals surface area contributed by atoms with Crippen LogP contribution in [0, 0.1) is 0 Å². The summed E-state index contributed by atoms with van der Waals surface area (Å²) in [6.07, 6.45) is 19.3. The molecule has 29 heavy (non-hydrogen) atoms. The number of unbranched alkanes of at least 4 members (excludes halogenated alkanes) is 13. The van der Waals surface area contributed by atoms with Crippen molar-refractivity contribution >= 4 is 5.97 Å². The van der Waals surface area contributed by atoms with E-state index in [2.05, 4.69) is 6.92 Å². The molecular formula is C25H42O4. The minimum Gasteiger partial charge on any atom is -0.504 e. The fraction of sp³-hybridized carbons (Fsp3) is 0.720. The van der Waals surface area contributed by atoms with Gasteiger partial charge in [-0.25, -0.2) is 0 Å². The molecule has 0 heterocycles. The molecule has 0 spiro atoms. The van der Waals surface area contributed by atoms with Gasteiger partial charge in [0.05, 0.1) is 6.61 Å². The topological polar surface area (TPSA) is 66.8 Å². The van der Waals surface area contributed by atoms with Gasteiger partial charge in [0, 0.05) is 12.8 Å². The summed E-state index contributed by atoms with van der Waals surface area (Å²) in [5.41, 5.74) is 0.838. The van der Waals surface area contributed by atoms with Crippen LogP contribution in [0.1, 0.15) is 109 Å². The van der Waals surface area contributed by atoms with Crippen molar-refractivity contribution in [2.45, 2.75) is 110 Å². The van der Waals surface area contributed by atoms with Gasteiger partial charge in [0.25, 0.3) is 0 Å². The number of esters is 1. The molecule has 4 nitrogen and oxygen atoms in total. The number of phenols is 2. The number of phenolic OH excluding ortho intramolecular Hbond substituents is 2. The van der Waals surface area contributed by atoms with Gasteiger partial charge in [-0.1, -0.05) is 96.5 Å². The summed E-state index contributed by atoms with van der Waals surface area (Å²) in [6.45, 7) is 2.57. The van der Waals surface area contributed by atoms with Crippen molar-refractivity contribution in [1.29, 1.82) is 0 Å². The highest BCUT2D eigenvalue weighted by Crippen LogP contribution is 2.25. The third-order valence-corrected chi connectivity index (χ3v) is 5.43. The van der Waals surface area contributed by atoms with E-state index in [1.54, 1.807) is 6.07 Å². The third-order valence-electron chi connectivity index (χ3n) is 5.43. The van der Waals surface area contributed by atoms with E-state index in [0.717, 1.165) is 18.4 Å². The Morgan fingerprint density at radius 3 is 1.79 bits per heavy atom. The smallest absolute Gasteiger partial charge is 0.305 e. The van der Waals surface area contributed by atoms with Crippen molar-refractivity contribution < 1.29 is 19.7 Å². The maximum Gasteiger partial charge on any atom is 0.305 e. The zero-order valence-corrected chi connectivity index (χ0v) is 18.5. The van der Waals surface area contributed by atoms with E-state index in [4.69, 9.17) is 4.74 Å². The molecule has 0 saturated heterocycles. The Morgan fingerprint density at radius 1 is 0.759 bits per heavy atom. The van der Waals surface area contributed by atoms with Crippen LogP contribution in [0.25, 0.3) is 0 Å². The number of rotatable bonds is 18. The Labute approximate surface area is 177 Å². The molecule has 0 bridgehead atoms. The van der Waals surface area contributed by atoms with Gasteiger partial charge in [-0.15, -0.1) is 0 Å². The Bertz CT molecular complexity index is 542. The number of benzene rings is 1. The molecule has 1 aromatic carbocycles. The van der Waals surface area contributed by atoms with Crippen LogP contribution < -0.4 is 0 Å². The molecule has 0 unspecified atom stereocenters. The van der Waals surface area contributed by atoms with Crippen molar-refractivity contribution in [3.05, 3.63) is 23.8 Å². The maximum absolute atomic E-state index is 11.8.